The van der Waals surface area contributed by atoms with E-state index in [2.05, 4.69) is 9.68 Å². The Morgan fingerprint density at radius 2 is 1.83 bits per heavy atom. The van der Waals surface area contributed by atoms with E-state index in [0.29, 0.717) is 0 Å². The standard InChI is InChI=1S/C5H7NO.2F2.FH/c1-2-5-3-4-7-6-5;2*1-2;/h3-4H,2H2,1H3;;;1H. The van der Waals surface area contributed by atoms with E-state index >= 15 is 0 Å². The minimum atomic E-state index is 0. The minimum Gasteiger partial charge on any atom is -0.365 e. The van der Waals surface area contributed by atoms with Crippen molar-refractivity contribution in [3.63, 3.8) is 0 Å². The monoisotopic (exact) mass is 193 g/mol. The third-order valence-corrected chi connectivity index (χ3v) is 0.853. The number of hydrogen-bond donors (Lipinski definition) is 0. The molecule has 0 aromatic carbocycles. The summed E-state index contributed by atoms with van der Waals surface area (Å²) in [5.41, 5.74) is 1.01. The summed E-state index contributed by atoms with van der Waals surface area (Å²) in [6, 6.07) is 1.86. The highest BCUT2D eigenvalue weighted by Gasteiger charge is 1.86. The molecule has 0 bridgehead atoms. The zero-order valence-corrected chi connectivity index (χ0v) is 6.14. The van der Waals surface area contributed by atoms with Crippen LogP contribution in [0.25, 0.3) is 0 Å². The lowest BCUT2D eigenvalue weighted by atomic mass is 10.4. The number of hydrogen-bond acceptors (Lipinski definition) is 2. The Morgan fingerprint density at radius 3 is 2.00 bits per heavy atom. The molecule has 0 saturated heterocycles. The second kappa shape index (κ2) is 16.4. The molecule has 0 aliphatic rings. The van der Waals surface area contributed by atoms with Crippen LogP contribution in [0.2, 0.25) is 0 Å². The van der Waals surface area contributed by atoms with Crippen LogP contribution < -0.4 is 0 Å². The molecule has 74 valence electrons. The van der Waals surface area contributed by atoms with Crippen molar-refractivity contribution in [1.82, 2.24) is 5.16 Å². The van der Waals surface area contributed by atoms with Crippen molar-refractivity contribution in [2.75, 3.05) is 0 Å². The van der Waals surface area contributed by atoms with Crippen LogP contribution in [0.15, 0.2) is 16.9 Å². The quantitative estimate of drug-likeness (QED) is 0.640. The van der Waals surface area contributed by atoms with E-state index in [9.17, 15) is 0 Å². The summed E-state index contributed by atoms with van der Waals surface area (Å²) in [6.07, 6.45) is 2.54. The number of rotatable bonds is 1. The molecule has 0 aliphatic carbocycles. The first-order valence-electron chi connectivity index (χ1n) is 2.61. The van der Waals surface area contributed by atoms with Crippen molar-refractivity contribution in [3.8, 4) is 0 Å². The van der Waals surface area contributed by atoms with Crippen molar-refractivity contribution in [1.29, 1.82) is 0 Å². The maximum absolute atomic E-state index is 8.00. The number of halogens is 5. The zero-order chi connectivity index (χ0) is 9.11. The second-order valence-corrected chi connectivity index (χ2v) is 1.34. The SMILES string of the molecule is CCc1ccon1.F.FF.FF. The Balaban J connectivity index is -0.000000144. The molecule has 1 aromatic rings. The average Bonchev–Trinajstić information content (AvgIpc) is 2.63. The number of nitrogens with zero attached hydrogens (tertiary/aromatic N) is 1. The molecule has 0 radical (unpaired) electrons. The molecule has 12 heavy (non-hydrogen) atoms. The third-order valence-electron chi connectivity index (χ3n) is 0.853. The fourth-order valence-electron chi connectivity index (χ4n) is 0.420. The maximum atomic E-state index is 8.00. The van der Waals surface area contributed by atoms with Gasteiger partial charge >= 0.3 is 0 Å². The molecule has 1 heterocycles. The summed E-state index contributed by atoms with van der Waals surface area (Å²) in [4.78, 5) is 0. The van der Waals surface area contributed by atoms with Gasteiger partial charge in [0, 0.05) is 24.4 Å². The minimum absolute atomic E-state index is 0. The molecule has 7 heteroatoms. The van der Waals surface area contributed by atoms with Crippen LogP contribution in [0.5, 0.6) is 0 Å². The van der Waals surface area contributed by atoms with Gasteiger partial charge in [0.25, 0.3) is 0 Å². The van der Waals surface area contributed by atoms with Crippen LogP contribution in [0.3, 0.4) is 0 Å². The van der Waals surface area contributed by atoms with Gasteiger partial charge in [0.2, 0.25) is 0 Å². The van der Waals surface area contributed by atoms with Gasteiger partial charge in [0.15, 0.2) is 0 Å². The highest BCUT2D eigenvalue weighted by Crippen LogP contribution is 1.92. The Labute approximate surface area is 65.2 Å². The second-order valence-electron chi connectivity index (χ2n) is 1.34. The molecule has 0 saturated carbocycles. The molecule has 0 unspecified atom stereocenters. The van der Waals surface area contributed by atoms with E-state index in [1.165, 1.54) is 0 Å². The molecule has 0 N–H and O–H groups in total. The number of aromatic nitrogens is 1. The van der Waals surface area contributed by atoms with Crippen molar-refractivity contribution < 1.29 is 27.5 Å². The van der Waals surface area contributed by atoms with E-state index in [0.717, 1.165) is 12.1 Å². The van der Waals surface area contributed by atoms with Gasteiger partial charge in [0.05, 0.1) is 5.69 Å². The van der Waals surface area contributed by atoms with Gasteiger partial charge in [-0.1, -0.05) is 12.1 Å². The maximum Gasteiger partial charge on any atom is 0.124 e. The molecule has 0 atom stereocenters. The van der Waals surface area contributed by atoms with Gasteiger partial charge in [-0.3, -0.25) is 4.70 Å². The molecule has 0 fully saturated rings. The van der Waals surface area contributed by atoms with E-state index in [1.807, 2.05) is 13.0 Å². The molecular formula is C5H8F5NO. The van der Waals surface area contributed by atoms with Gasteiger partial charge in [-0.2, -0.15) is 0 Å². The first-order valence-corrected chi connectivity index (χ1v) is 2.61. The lowest BCUT2D eigenvalue weighted by Crippen LogP contribution is -1.73. The van der Waals surface area contributed by atoms with Gasteiger partial charge in [-0.05, 0) is 6.42 Å². The summed E-state index contributed by atoms with van der Waals surface area (Å²) >= 11 is 0. The Kier molecular flexibility index (Phi) is 23.4. The summed E-state index contributed by atoms with van der Waals surface area (Å²) in [5.74, 6) is 0. The first-order chi connectivity index (χ1) is 5.43. The molecule has 0 spiro atoms. The van der Waals surface area contributed by atoms with Crippen LogP contribution in [0.4, 0.5) is 23.0 Å². The fraction of sp³-hybridized carbons (Fsp3) is 0.400. The third kappa shape index (κ3) is 8.86. The highest BCUT2D eigenvalue weighted by atomic mass is 20.0. The molecule has 1 aromatic heterocycles. The lowest BCUT2D eigenvalue weighted by Gasteiger charge is -1.74. The van der Waals surface area contributed by atoms with Gasteiger partial charge < -0.3 is 4.52 Å². The van der Waals surface area contributed by atoms with E-state index in [-0.39, 0.29) is 4.70 Å². The Hall–Kier alpha value is -1.14. The lowest BCUT2D eigenvalue weighted by molar-refractivity contribution is 0.108. The normalized spacial score (nSPS) is 6.42. The molecule has 0 amide bonds. The van der Waals surface area contributed by atoms with Gasteiger partial charge in [-0.25, -0.2) is 0 Å². The van der Waals surface area contributed by atoms with Crippen molar-refractivity contribution in [2.24, 2.45) is 0 Å². The van der Waals surface area contributed by atoms with Crippen molar-refractivity contribution >= 4 is 0 Å². The summed E-state index contributed by atoms with van der Waals surface area (Å²) in [6.45, 7) is 2.04. The van der Waals surface area contributed by atoms with Crippen LogP contribution in [-0.4, -0.2) is 5.16 Å². The highest BCUT2D eigenvalue weighted by molar-refractivity contribution is 4.93. The summed E-state index contributed by atoms with van der Waals surface area (Å²) < 4.78 is 36.6. The Morgan fingerprint density at radius 1 is 1.33 bits per heavy atom. The van der Waals surface area contributed by atoms with Crippen LogP contribution >= 0.6 is 0 Å². The Bertz CT molecular complexity index is 134. The topological polar surface area (TPSA) is 26.0 Å². The smallest absolute Gasteiger partial charge is 0.124 e. The van der Waals surface area contributed by atoms with Gasteiger partial charge in [0.1, 0.15) is 6.26 Å². The molecular weight excluding hydrogens is 185 g/mol. The van der Waals surface area contributed by atoms with E-state index in [1.54, 1.807) is 6.26 Å². The van der Waals surface area contributed by atoms with E-state index in [4.69, 9.17) is 18.3 Å². The predicted octanol–water partition coefficient (Wildman–Crippen LogP) is 3.07. The predicted molar refractivity (Wildman–Crippen MR) is 32.8 cm³/mol. The average molecular weight is 193 g/mol. The number of aryl methyl sites for hydroxylation is 1. The zero-order valence-electron chi connectivity index (χ0n) is 6.14. The van der Waals surface area contributed by atoms with Crippen LogP contribution in [0.1, 0.15) is 12.6 Å². The fourth-order valence-corrected chi connectivity index (χ4v) is 0.420. The largest absolute Gasteiger partial charge is 0.365 e. The molecule has 1 rings (SSSR count). The molecule has 2 nitrogen and oxygen atoms in total. The van der Waals surface area contributed by atoms with E-state index < -0.39 is 0 Å². The van der Waals surface area contributed by atoms with Crippen molar-refractivity contribution in [2.45, 2.75) is 13.3 Å². The van der Waals surface area contributed by atoms with Gasteiger partial charge in [-0.15, -0.1) is 0 Å². The first kappa shape index (κ1) is 17.1. The van der Waals surface area contributed by atoms with Crippen molar-refractivity contribution in [3.05, 3.63) is 18.0 Å². The molecule has 0 aliphatic heterocycles. The van der Waals surface area contributed by atoms with Crippen LogP contribution in [0, 0.1) is 0 Å². The summed E-state index contributed by atoms with van der Waals surface area (Å²) in [5, 5.41) is 3.66. The van der Waals surface area contributed by atoms with Crippen LogP contribution in [-0.2, 0) is 6.42 Å². The summed E-state index contributed by atoms with van der Waals surface area (Å²) in [7, 11) is 0.